The Bertz CT molecular complexity index is 306. The minimum Gasteiger partial charge on any atom is -0.379 e. The molecule has 0 aromatic rings. The molecule has 5 heteroatoms. The molecule has 0 bridgehead atoms. The van der Waals surface area contributed by atoms with E-state index < -0.39 is 0 Å². The monoisotopic (exact) mass is 310 g/mol. The van der Waals surface area contributed by atoms with Gasteiger partial charge in [-0.15, -0.1) is 0 Å². The van der Waals surface area contributed by atoms with E-state index in [0.717, 1.165) is 44.8 Å². The van der Waals surface area contributed by atoms with Crippen molar-refractivity contribution in [3.05, 3.63) is 0 Å². The second kappa shape index (κ2) is 8.60. The first-order valence-corrected chi connectivity index (χ1v) is 9.30. The van der Waals surface area contributed by atoms with Gasteiger partial charge in [0.1, 0.15) is 0 Å². The highest BCUT2D eigenvalue weighted by Gasteiger charge is 2.23. The molecule has 5 nitrogen and oxygen atoms in total. The van der Waals surface area contributed by atoms with Gasteiger partial charge in [-0.25, -0.2) is 10.4 Å². The van der Waals surface area contributed by atoms with E-state index in [1.165, 1.54) is 58.4 Å². The lowest BCUT2D eigenvalue weighted by atomic mass is 9.96. The molecule has 128 valence electrons. The number of nitrogens with one attached hydrogen (secondary N) is 1. The van der Waals surface area contributed by atoms with Crippen LogP contribution in [-0.4, -0.2) is 80.5 Å². The minimum absolute atomic E-state index is 0.894. The average Bonchev–Trinajstić information content (AvgIpc) is 2.57. The molecule has 3 aliphatic rings. The highest BCUT2D eigenvalue weighted by atomic mass is 16.5. The highest BCUT2D eigenvalue weighted by Crippen LogP contribution is 2.19. The van der Waals surface area contributed by atoms with Crippen LogP contribution in [0.1, 0.15) is 32.6 Å². The van der Waals surface area contributed by atoms with Gasteiger partial charge in [0, 0.05) is 32.7 Å². The van der Waals surface area contributed by atoms with Gasteiger partial charge in [0.15, 0.2) is 0 Å². The average molecular weight is 310 g/mol. The van der Waals surface area contributed by atoms with Crippen molar-refractivity contribution in [3.8, 4) is 0 Å². The molecule has 3 heterocycles. The van der Waals surface area contributed by atoms with Gasteiger partial charge in [0.2, 0.25) is 0 Å². The Kier molecular flexibility index (Phi) is 6.51. The lowest BCUT2D eigenvalue weighted by Gasteiger charge is -2.37. The van der Waals surface area contributed by atoms with E-state index in [1.807, 2.05) is 0 Å². The van der Waals surface area contributed by atoms with Crippen molar-refractivity contribution in [3.63, 3.8) is 0 Å². The van der Waals surface area contributed by atoms with Crippen molar-refractivity contribution in [2.45, 2.75) is 32.6 Å². The summed E-state index contributed by atoms with van der Waals surface area (Å²) in [6, 6.07) is 0. The number of hydrazine groups is 1. The molecule has 0 radical (unpaired) electrons. The van der Waals surface area contributed by atoms with Crippen LogP contribution in [0.4, 0.5) is 0 Å². The fourth-order valence-electron chi connectivity index (χ4n) is 3.84. The van der Waals surface area contributed by atoms with Crippen molar-refractivity contribution in [2.24, 2.45) is 11.8 Å². The van der Waals surface area contributed by atoms with Gasteiger partial charge in [0.05, 0.1) is 19.9 Å². The van der Waals surface area contributed by atoms with Gasteiger partial charge in [0.25, 0.3) is 0 Å². The lowest BCUT2D eigenvalue weighted by molar-refractivity contribution is 0.0215. The third-order valence-electron chi connectivity index (χ3n) is 5.63. The van der Waals surface area contributed by atoms with Crippen LogP contribution in [0.25, 0.3) is 0 Å². The maximum Gasteiger partial charge on any atom is 0.0617 e. The fourth-order valence-corrected chi connectivity index (χ4v) is 3.84. The normalized spacial score (nSPS) is 28.2. The standard InChI is InChI=1S/C17H34N4O/c1-16-2-8-21(9-3-16)18-15-20-6-4-17(5-7-20)14-19-10-12-22-13-11-19/h16-18H,2-15H2,1H3. The molecule has 22 heavy (non-hydrogen) atoms. The summed E-state index contributed by atoms with van der Waals surface area (Å²) in [7, 11) is 0. The molecule has 0 aliphatic carbocycles. The second-order valence-corrected chi connectivity index (χ2v) is 7.46. The first-order valence-electron chi connectivity index (χ1n) is 9.30. The summed E-state index contributed by atoms with van der Waals surface area (Å²) >= 11 is 0. The fraction of sp³-hybridized carbons (Fsp3) is 1.00. The molecular weight excluding hydrogens is 276 g/mol. The molecule has 1 N–H and O–H groups in total. The van der Waals surface area contributed by atoms with Crippen LogP contribution >= 0.6 is 0 Å². The van der Waals surface area contributed by atoms with Gasteiger partial charge in [-0.2, -0.15) is 0 Å². The molecule has 0 atom stereocenters. The zero-order valence-electron chi connectivity index (χ0n) is 14.3. The Hall–Kier alpha value is -0.200. The van der Waals surface area contributed by atoms with Crippen LogP contribution in [0.5, 0.6) is 0 Å². The zero-order chi connectivity index (χ0) is 15.2. The Morgan fingerprint density at radius 2 is 1.55 bits per heavy atom. The summed E-state index contributed by atoms with van der Waals surface area (Å²) in [4.78, 5) is 5.19. The third kappa shape index (κ3) is 5.17. The Morgan fingerprint density at radius 3 is 2.23 bits per heavy atom. The summed E-state index contributed by atoms with van der Waals surface area (Å²) in [6.45, 7) is 13.8. The molecule has 0 aromatic carbocycles. The predicted molar refractivity (Wildman–Crippen MR) is 89.5 cm³/mol. The van der Waals surface area contributed by atoms with E-state index in [2.05, 4.69) is 27.2 Å². The number of likely N-dealkylation sites (tertiary alicyclic amines) is 1. The summed E-state index contributed by atoms with van der Waals surface area (Å²) in [5, 5.41) is 2.43. The van der Waals surface area contributed by atoms with E-state index in [-0.39, 0.29) is 0 Å². The molecule has 0 spiro atoms. The number of morpholine rings is 1. The smallest absolute Gasteiger partial charge is 0.0617 e. The summed E-state index contributed by atoms with van der Waals surface area (Å²) in [6.07, 6.45) is 5.40. The Morgan fingerprint density at radius 1 is 0.864 bits per heavy atom. The molecule has 0 unspecified atom stereocenters. The van der Waals surface area contributed by atoms with Crippen molar-refractivity contribution in [1.82, 2.24) is 20.2 Å². The summed E-state index contributed by atoms with van der Waals surface area (Å²) in [5.74, 6) is 1.80. The Labute approximate surface area is 135 Å². The number of hydrogen-bond acceptors (Lipinski definition) is 5. The summed E-state index contributed by atoms with van der Waals surface area (Å²) < 4.78 is 5.44. The zero-order valence-corrected chi connectivity index (χ0v) is 14.3. The molecular formula is C17H34N4O. The topological polar surface area (TPSA) is 31.0 Å². The third-order valence-corrected chi connectivity index (χ3v) is 5.63. The van der Waals surface area contributed by atoms with E-state index in [9.17, 15) is 0 Å². The molecule has 3 rings (SSSR count). The molecule has 0 saturated carbocycles. The predicted octanol–water partition coefficient (Wildman–Crippen LogP) is 1.22. The van der Waals surface area contributed by atoms with Crippen molar-refractivity contribution >= 4 is 0 Å². The highest BCUT2D eigenvalue weighted by molar-refractivity contribution is 4.76. The molecule has 3 aliphatic heterocycles. The number of hydrogen-bond donors (Lipinski definition) is 1. The quantitative estimate of drug-likeness (QED) is 0.825. The van der Waals surface area contributed by atoms with Gasteiger partial charge in [-0.1, -0.05) is 6.92 Å². The minimum atomic E-state index is 0.894. The van der Waals surface area contributed by atoms with E-state index in [4.69, 9.17) is 4.74 Å². The first-order chi connectivity index (χ1) is 10.8. The van der Waals surface area contributed by atoms with E-state index >= 15 is 0 Å². The van der Waals surface area contributed by atoms with Gasteiger partial charge >= 0.3 is 0 Å². The van der Waals surface area contributed by atoms with Crippen LogP contribution in [0.3, 0.4) is 0 Å². The van der Waals surface area contributed by atoms with Gasteiger partial charge in [-0.05, 0) is 50.6 Å². The second-order valence-electron chi connectivity index (χ2n) is 7.46. The van der Waals surface area contributed by atoms with Crippen molar-refractivity contribution in [1.29, 1.82) is 0 Å². The van der Waals surface area contributed by atoms with E-state index in [0.29, 0.717) is 0 Å². The molecule has 0 amide bonds. The lowest BCUT2D eigenvalue weighted by Crippen LogP contribution is -2.50. The number of nitrogens with zero attached hydrogens (tertiary/aromatic N) is 3. The van der Waals surface area contributed by atoms with Crippen LogP contribution < -0.4 is 5.43 Å². The van der Waals surface area contributed by atoms with Crippen molar-refractivity contribution < 1.29 is 4.74 Å². The first kappa shape index (κ1) is 16.7. The SMILES string of the molecule is CC1CCN(NCN2CCC(CN3CCOCC3)CC2)CC1. The van der Waals surface area contributed by atoms with Crippen LogP contribution in [0.15, 0.2) is 0 Å². The number of ether oxygens (including phenoxy) is 1. The molecule has 3 saturated heterocycles. The van der Waals surface area contributed by atoms with Crippen molar-refractivity contribution in [2.75, 3.05) is 65.7 Å². The van der Waals surface area contributed by atoms with Gasteiger partial charge < -0.3 is 4.74 Å². The summed E-state index contributed by atoms with van der Waals surface area (Å²) in [5.41, 5.74) is 3.64. The number of rotatable bonds is 5. The maximum absolute atomic E-state index is 5.44. The van der Waals surface area contributed by atoms with Crippen LogP contribution in [0.2, 0.25) is 0 Å². The van der Waals surface area contributed by atoms with Gasteiger partial charge in [-0.3, -0.25) is 9.80 Å². The Balaban J connectivity index is 1.28. The number of piperidine rings is 2. The molecule has 3 fully saturated rings. The van der Waals surface area contributed by atoms with E-state index in [1.54, 1.807) is 0 Å². The van der Waals surface area contributed by atoms with Crippen LogP contribution in [0, 0.1) is 11.8 Å². The van der Waals surface area contributed by atoms with Crippen LogP contribution in [-0.2, 0) is 4.74 Å². The molecule has 0 aromatic heterocycles. The largest absolute Gasteiger partial charge is 0.379 e. The maximum atomic E-state index is 5.44.